The number of nitrogens with zero attached hydrogens (tertiary/aromatic N) is 1. The van der Waals surface area contributed by atoms with Gasteiger partial charge < -0.3 is 33.9 Å². The number of fused-ring (bicyclic) bond motifs is 2. The fourth-order valence-corrected chi connectivity index (χ4v) is 5.76. The van der Waals surface area contributed by atoms with Gasteiger partial charge in [-0.1, -0.05) is 24.3 Å². The van der Waals surface area contributed by atoms with Crippen LogP contribution in [0.1, 0.15) is 11.1 Å². The largest absolute Gasteiger partial charge is 0.493 e. The zero-order valence-electron chi connectivity index (χ0n) is 20.2. The maximum absolute atomic E-state index is 13.5. The van der Waals surface area contributed by atoms with E-state index >= 15 is 0 Å². The molecule has 36 heavy (non-hydrogen) atoms. The number of likely N-dealkylation sites (tertiary alicyclic amines) is 1. The molecule has 2 amide bonds. The molecule has 9 heteroatoms. The maximum Gasteiger partial charge on any atom is 0.231 e. The van der Waals surface area contributed by atoms with Crippen LogP contribution in [-0.4, -0.2) is 62.5 Å². The molecule has 0 aromatic heterocycles. The van der Waals surface area contributed by atoms with E-state index in [-0.39, 0.29) is 24.7 Å². The molecule has 0 radical (unpaired) electrons. The van der Waals surface area contributed by atoms with Crippen molar-refractivity contribution < 1.29 is 33.3 Å². The molecule has 2 bridgehead atoms. The van der Waals surface area contributed by atoms with Gasteiger partial charge in [-0.05, 0) is 41.8 Å². The Morgan fingerprint density at radius 3 is 2.72 bits per heavy atom. The second-order valence-corrected chi connectivity index (χ2v) is 9.51. The third kappa shape index (κ3) is 3.65. The van der Waals surface area contributed by atoms with Gasteiger partial charge in [0, 0.05) is 13.1 Å². The molecule has 2 fully saturated rings. The smallest absolute Gasteiger partial charge is 0.231 e. The summed E-state index contributed by atoms with van der Waals surface area (Å²) >= 11 is 0. The normalized spacial score (nSPS) is 26.9. The summed E-state index contributed by atoms with van der Waals surface area (Å²) in [6.07, 6.45) is 4.13. The lowest BCUT2D eigenvalue weighted by Crippen LogP contribution is -2.44. The Morgan fingerprint density at radius 2 is 1.89 bits per heavy atom. The highest BCUT2D eigenvalue weighted by molar-refractivity contribution is 5.93. The first-order chi connectivity index (χ1) is 17.5. The van der Waals surface area contributed by atoms with Crippen molar-refractivity contribution in [3.05, 3.63) is 59.7 Å². The maximum atomic E-state index is 13.5. The second kappa shape index (κ2) is 8.74. The highest BCUT2D eigenvalue weighted by Gasteiger charge is 2.66. The van der Waals surface area contributed by atoms with E-state index in [0.717, 1.165) is 11.1 Å². The number of hydrogen-bond acceptors (Lipinski definition) is 7. The number of ether oxygens (including phenoxy) is 5. The van der Waals surface area contributed by atoms with Gasteiger partial charge >= 0.3 is 0 Å². The molecule has 0 unspecified atom stereocenters. The fraction of sp³-hybridized carbons (Fsp3) is 0.407. The number of benzene rings is 2. The first kappa shape index (κ1) is 22.7. The molecule has 4 aliphatic rings. The number of amides is 2. The van der Waals surface area contributed by atoms with Crippen molar-refractivity contribution in [2.24, 2.45) is 11.8 Å². The molecule has 4 aliphatic heterocycles. The minimum atomic E-state index is -0.747. The summed E-state index contributed by atoms with van der Waals surface area (Å²) in [5.41, 5.74) is 1.21. The average molecular weight is 493 g/mol. The summed E-state index contributed by atoms with van der Waals surface area (Å²) in [7, 11) is 3.19. The monoisotopic (exact) mass is 492 g/mol. The number of methoxy groups -OCH3 is 2. The Morgan fingerprint density at radius 1 is 1.08 bits per heavy atom. The lowest BCUT2D eigenvalue weighted by atomic mass is 9.77. The SMILES string of the molecule is COc1ccc(CCNC(=O)[C@@H]2[C@H]3C(=O)N(Cc4ccc5c(c4)OCO5)C[C@@]34C=C[C@H]2O4)cc1OC. The minimum Gasteiger partial charge on any atom is -0.493 e. The summed E-state index contributed by atoms with van der Waals surface area (Å²) in [6.45, 7) is 1.49. The summed E-state index contributed by atoms with van der Waals surface area (Å²) < 4.78 is 27.7. The van der Waals surface area contributed by atoms with Crippen molar-refractivity contribution in [1.82, 2.24) is 10.2 Å². The number of carbonyl (C=O) groups excluding carboxylic acids is 2. The molecule has 2 aromatic carbocycles. The summed E-state index contributed by atoms with van der Waals surface area (Å²) in [5, 5.41) is 3.02. The van der Waals surface area contributed by atoms with Crippen LogP contribution in [0.5, 0.6) is 23.0 Å². The van der Waals surface area contributed by atoms with Crippen LogP contribution >= 0.6 is 0 Å². The predicted octanol–water partition coefficient (Wildman–Crippen LogP) is 2.07. The molecule has 1 N–H and O–H groups in total. The van der Waals surface area contributed by atoms with Gasteiger partial charge in [-0.3, -0.25) is 9.59 Å². The van der Waals surface area contributed by atoms with Crippen molar-refractivity contribution in [2.45, 2.75) is 24.7 Å². The third-order valence-corrected chi connectivity index (χ3v) is 7.45. The third-order valence-electron chi connectivity index (χ3n) is 7.45. The van der Waals surface area contributed by atoms with Crippen LogP contribution < -0.4 is 24.3 Å². The summed E-state index contributed by atoms with van der Waals surface area (Å²) in [6, 6.07) is 11.4. The van der Waals surface area contributed by atoms with Crippen molar-refractivity contribution >= 4 is 11.8 Å². The molecule has 4 atom stereocenters. The van der Waals surface area contributed by atoms with Crippen LogP contribution in [0.15, 0.2) is 48.6 Å². The highest BCUT2D eigenvalue weighted by Crippen LogP contribution is 2.52. The van der Waals surface area contributed by atoms with Crippen LogP contribution in [0.2, 0.25) is 0 Å². The van der Waals surface area contributed by atoms with E-state index in [0.29, 0.717) is 49.1 Å². The molecule has 188 valence electrons. The highest BCUT2D eigenvalue weighted by atomic mass is 16.7. The number of carbonyl (C=O) groups is 2. The van der Waals surface area contributed by atoms with Crippen LogP contribution in [0.4, 0.5) is 0 Å². The zero-order valence-corrected chi connectivity index (χ0v) is 20.2. The summed E-state index contributed by atoms with van der Waals surface area (Å²) in [4.78, 5) is 28.5. The molecule has 0 aliphatic carbocycles. The standard InChI is InChI=1S/C27H28N2O7/c1-32-18-5-3-16(11-21(18)33-2)8-10-28-25(30)23-20-7-9-27(36-20)14-29(26(31)24(23)27)13-17-4-6-19-22(12-17)35-15-34-19/h3-7,9,11-12,20,23-24H,8,10,13-15H2,1-2H3,(H,28,30)/t20-,23+,24+,27+/m1/s1. The molecular formula is C27H28N2O7. The van der Waals surface area contributed by atoms with Gasteiger partial charge in [-0.25, -0.2) is 0 Å². The van der Waals surface area contributed by atoms with Crippen LogP contribution in [-0.2, 0) is 27.3 Å². The quantitative estimate of drug-likeness (QED) is 0.564. The van der Waals surface area contributed by atoms with Gasteiger partial charge in [0.2, 0.25) is 18.6 Å². The van der Waals surface area contributed by atoms with Gasteiger partial charge in [-0.2, -0.15) is 0 Å². The molecular weight excluding hydrogens is 464 g/mol. The Hall–Kier alpha value is -3.72. The topological polar surface area (TPSA) is 95.6 Å². The van der Waals surface area contributed by atoms with Gasteiger partial charge in [0.05, 0.1) is 38.7 Å². The van der Waals surface area contributed by atoms with E-state index in [1.54, 1.807) is 19.1 Å². The molecule has 2 saturated heterocycles. The van der Waals surface area contributed by atoms with Gasteiger partial charge in [0.15, 0.2) is 23.0 Å². The number of hydrogen-bond donors (Lipinski definition) is 1. The Balaban J connectivity index is 1.12. The molecule has 6 rings (SSSR count). The number of nitrogens with one attached hydrogen (secondary N) is 1. The first-order valence-electron chi connectivity index (χ1n) is 12.0. The van der Waals surface area contributed by atoms with Crippen LogP contribution in [0.3, 0.4) is 0 Å². The van der Waals surface area contributed by atoms with E-state index < -0.39 is 17.4 Å². The molecule has 2 aromatic rings. The lowest BCUT2D eigenvalue weighted by Gasteiger charge is -2.23. The molecule has 1 spiro atoms. The number of rotatable bonds is 8. The van der Waals surface area contributed by atoms with Gasteiger partial charge in [0.1, 0.15) is 5.60 Å². The van der Waals surface area contributed by atoms with Gasteiger partial charge in [0.25, 0.3) is 0 Å². The second-order valence-electron chi connectivity index (χ2n) is 9.51. The Kier molecular flexibility index (Phi) is 5.52. The Bertz CT molecular complexity index is 1240. The van der Waals surface area contributed by atoms with E-state index in [1.165, 1.54) is 0 Å². The van der Waals surface area contributed by atoms with Gasteiger partial charge in [-0.15, -0.1) is 0 Å². The van der Waals surface area contributed by atoms with Crippen molar-refractivity contribution in [1.29, 1.82) is 0 Å². The van der Waals surface area contributed by atoms with E-state index in [9.17, 15) is 9.59 Å². The molecule has 4 heterocycles. The van der Waals surface area contributed by atoms with E-state index in [4.69, 9.17) is 23.7 Å². The molecule has 9 nitrogen and oxygen atoms in total. The van der Waals surface area contributed by atoms with Crippen molar-refractivity contribution in [2.75, 3.05) is 34.1 Å². The predicted molar refractivity (Wildman–Crippen MR) is 128 cm³/mol. The summed E-state index contributed by atoms with van der Waals surface area (Å²) in [5.74, 6) is 1.41. The first-order valence-corrected chi connectivity index (χ1v) is 12.0. The van der Waals surface area contributed by atoms with Crippen LogP contribution in [0, 0.1) is 11.8 Å². The van der Waals surface area contributed by atoms with Crippen LogP contribution in [0.25, 0.3) is 0 Å². The lowest BCUT2D eigenvalue weighted by molar-refractivity contribution is -0.137. The van der Waals surface area contributed by atoms with E-state index in [1.807, 2.05) is 48.6 Å². The zero-order chi connectivity index (χ0) is 24.9. The van der Waals surface area contributed by atoms with Crippen molar-refractivity contribution in [3.63, 3.8) is 0 Å². The molecule has 0 saturated carbocycles. The van der Waals surface area contributed by atoms with E-state index in [2.05, 4.69) is 5.32 Å². The average Bonchev–Trinajstić information content (AvgIpc) is 3.65. The van der Waals surface area contributed by atoms with Crippen molar-refractivity contribution in [3.8, 4) is 23.0 Å². The Labute approximate surface area is 208 Å². The minimum absolute atomic E-state index is 0.0560. The fourth-order valence-electron chi connectivity index (χ4n) is 5.76.